The van der Waals surface area contributed by atoms with Gasteiger partial charge in [-0.05, 0) is 56.7 Å². The molecule has 7 heteroatoms. The van der Waals surface area contributed by atoms with E-state index in [0.717, 1.165) is 6.42 Å². The van der Waals surface area contributed by atoms with Gasteiger partial charge in [0.15, 0.2) is 0 Å². The van der Waals surface area contributed by atoms with Crippen molar-refractivity contribution in [1.82, 2.24) is 9.88 Å². The van der Waals surface area contributed by atoms with Gasteiger partial charge in [-0.15, -0.1) is 0 Å². The van der Waals surface area contributed by atoms with Gasteiger partial charge in [-0.25, -0.2) is 4.79 Å². The summed E-state index contributed by atoms with van der Waals surface area (Å²) in [6.07, 6.45) is 4.05. The van der Waals surface area contributed by atoms with Gasteiger partial charge in [0.1, 0.15) is 11.5 Å². The molecule has 2 amide bonds. The minimum absolute atomic E-state index is 0.166. The van der Waals surface area contributed by atoms with E-state index in [-0.39, 0.29) is 10.8 Å². The number of carbonyl (C=O) groups excluding carboxylic acids is 1. The SMILES string of the molecule is CC1(C)CCN(C(=O)Nc2ccc(Oc3cccnc3)cc2)CCS1=O. The maximum absolute atomic E-state index is 12.5. The summed E-state index contributed by atoms with van der Waals surface area (Å²) in [4.78, 5) is 18.2. The first-order chi connectivity index (χ1) is 12.4. The van der Waals surface area contributed by atoms with Crippen molar-refractivity contribution >= 4 is 22.5 Å². The summed E-state index contributed by atoms with van der Waals surface area (Å²) in [5.41, 5.74) is 0.693. The lowest BCUT2D eigenvalue weighted by Gasteiger charge is -2.22. The lowest BCUT2D eigenvalue weighted by atomic mass is 10.1. The average Bonchev–Trinajstić information content (AvgIpc) is 2.76. The average molecular weight is 373 g/mol. The van der Waals surface area contributed by atoms with Crippen molar-refractivity contribution < 1.29 is 13.7 Å². The first-order valence-corrected chi connectivity index (χ1v) is 9.88. The van der Waals surface area contributed by atoms with Crippen LogP contribution in [0.25, 0.3) is 0 Å². The summed E-state index contributed by atoms with van der Waals surface area (Å²) >= 11 is 0. The second-order valence-electron chi connectivity index (χ2n) is 6.79. The normalized spacial score (nSPS) is 19.5. The second kappa shape index (κ2) is 7.86. The molecular formula is C19H23N3O3S. The van der Waals surface area contributed by atoms with Crippen molar-refractivity contribution in [2.45, 2.75) is 25.0 Å². The van der Waals surface area contributed by atoms with Gasteiger partial charge >= 0.3 is 6.03 Å². The third-order valence-electron chi connectivity index (χ3n) is 4.41. The van der Waals surface area contributed by atoms with E-state index in [4.69, 9.17) is 4.74 Å². The number of nitrogens with zero attached hydrogens (tertiary/aromatic N) is 2. The molecule has 1 aliphatic heterocycles. The molecule has 0 bridgehead atoms. The van der Waals surface area contributed by atoms with Gasteiger partial charge in [0.2, 0.25) is 0 Å². The molecule has 3 rings (SSSR count). The molecule has 6 nitrogen and oxygen atoms in total. The molecule has 0 saturated carbocycles. The molecule has 1 unspecified atom stereocenters. The summed E-state index contributed by atoms with van der Waals surface area (Å²) in [5.74, 6) is 1.84. The zero-order valence-corrected chi connectivity index (χ0v) is 15.8. The highest BCUT2D eigenvalue weighted by Gasteiger charge is 2.31. The highest BCUT2D eigenvalue weighted by molar-refractivity contribution is 7.86. The molecular weight excluding hydrogens is 350 g/mol. The van der Waals surface area contributed by atoms with Crippen LogP contribution in [0.5, 0.6) is 11.5 Å². The van der Waals surface area contributed by atoms with E-state index in [2.05, 4.69) is 10.3 Å². The van der Waals surface area contributed by atoms with Crippen molar-refractivity contribution in [3.8, 4) is 11.5 Å². The Morgan fingerprint density at radius 2 is 1.96 bits per heavy atom. The lowest BCUT2D eigenvalue weighted by Crippen LogP contribution is -2.37. The van der Waals surface area contributed by atoms with Gasteiger partial charge in [0, 0.05) is 46.3 Å². The van der Waals surface area contributed by atoms with Crippen molar-refractivity contribution in [2.24, 2.45) is 0 Å². The van der Waals surface area contributed by atoms with Crippen molar-refractivity contribution in [3.05, 3.63) is 48.8 Å². The maximum Gasteiger partial charge on any atom is 0.321 e. The fourth-order valence-corrected chi connectivity index (χ4v) is 3.91. The summed E-state index contributed by atoms with van der Waals surface area (Å²) < 4.78 is 17.6. The highest BCUT2D eigenvalue weighted by Crippen LogP contribution is 2.24. The van der Waals surface area contributed by atoms with Crippen LogP contribution in [-0.2, 0) is 10.8 Å². The van der Waals surface area contributed by atoms with Crippen LogP contribution in [-0.4, -0.2) is 43.7 Å². The minimum atomic E-state index is -0.918. The molecule has 1 aromatic heterocycles. The number of ether oxygens (including phenoxy) is 1. The van der Waals surface area contributed by atoms with Gasteiger partial charge in [-0.1, -0.05) is 0 Å². The number of urea groups is 1. The number of anilines is 1. The molecule has 1 fully saturated rings. The number of hydrogen-bond donors (Lipinski definition) is 1. The van der Waals surface area contributed by atoms with Gasteiger partial charge < -0.3 is 15.0 Å². The molecule has 26 heavy (non-hydrogen) atoms. The first-order valence-electron chi connectivity index (χ1n) is 8.56. The number of hydrogen-bond acceptors (Lipinski definition) is 4. The Bertz CT molecular complexity index is 778. The zero-order valence-electron chi connectivity index (χ0n) is 15.0. The standard InChI is InChI=1S/C19H23N3O3S/c1-19(2)9-11-22(12-13-26(19)24)18(23)21-15-5-7-16(8-6-15)25-17-4-3-10-20-14-17/h3-8,10,14H,9,11-13H2,1-2H3,(H,21,23). The lowest BCUT2D eigenvalue weighted by molar-refractivity contribution is 0.214. The van der Waals surface area contributed by atoms with Crippen LogP contribution in [0, 0.1) is 0 Å². The maximum atomic E-state index is 12.5. The Kier molecular flexibility index (Phi) is 5.56. The number of benzene rings is 1. The van der Waals surface area contributed by atoms with Crippen LogP contribution in [0.3, 0.4) is 0 Å². The fourth-order valence-electron chi connectivity index (χ4n) is 2.65. The number of pyridine rings is 1. The van der Waals surface area contributed by atoms with E-state index in [1.165, 1.54) is 0 Å². The molecule has 0 spiro atoms. The Morgan fingerprint density at radius 3 is 2.65 bits per heavy atom. The van der Waals surface area contributed by atoms with Crippen LogP contribution in [0.2, 0.25) is 0 Å². The molecule has 1 aromatic carbocycles. The Hall–Kier alpha value is -2.41. The topological polar surface area (TPSA) is 71.5 Å². The Balaban J connectivity index is 1.58. The molecule has 1 saturated heterocycles. The van der Waals surface area contributed by atoms with Crippen LogP contribution < -0.4 is 10.1 Å². The Morgan fingerprint density at radius 1 is 1.19 bits per heavy atom. The summed E-state index contributed by atoms with van der Waals surface area (Å²) in [5, 5.41) is 2.89. The molecule has 1 aliphatic rings. The minimum Gasteiger partial charge on any atom is -0.456 e. The monoisotopic (exact) mass is 373 g/mol. The molecule has 1 N–H and O–H groups in total. The highest BCUT2D eigenvalue weighted by atomic mass is 32.2. The smallest absolute Gasteiger partial charge is 0.321 e. The van der Waals surface area contributed by atoms with Crippen LogP contribution in [0.15, 0.2) is 48.8 Å². The molecule has 2 aromatic rings. The molecule has 138 valence electrons. The molecule has 0 radical (unpaired) electrons. The van der Waals surface area contributed by atoms with Crippen molar-refractivity contribution in [2.75, 3.05) is 24.2 Å². The predicted molar refractivity (Wildman–Crippen MR) is 103 cm³/mol. The van der Waals surface area contributed by atoms with Crippen molar-refractivity contribution in [3.63, 3.8) is 0 Å². The number of nitrogens with one attached hydrogen (secondary N) is 1. The number of aromatic nitrogens is 1. The number of carbonyl (C=O) groups is 1. The van der Waals surface area contributed by atoms with E-state index in [1.54, 1.807) is 47.6 Å². The summed E-state index contributed by atoms with van der Waals surface area (Å²) in [6, 6.07) is 10.6. The van der Waals surface area contributed by atoms with Crippen molar-refractivity contribution in [1.29, 1.82) is 0 Å². The fraction of sp³-hybridized carbons (Fsp3) is 0.368. The quantitative estimate of drug-likeness (QED) is 0.892. The van der Waals surface area contributed by atoms with E-state index in [0.29, 0.717) is 36.0 Å². The summed E-state index contributed by atoms with van der Waals surface area (Å²) in [7, 11) is -0.918. The number of rotatable bonds is 3. The van der Waals surface area contributed by atoms with E-state index in [9.17, 15) is 9.00 Å². The van der Waals surface area contributed by atoms with Crippen LogP contribution >= 0.6 is 0 Å². The third kappa shape index (κ3) is 4.60. The van der Waals surface area contributed by atoms with Gasteiger partial charge in [0.05, 0.1) is 6.20 Å². The van der Waals surface area contributed by atoms with Gasteiger partial charge in [-0.2, -0.15) is 0 Å². The van der Waals surface area contributed by atoms with E-state index >= 15 is 0 Å². The van der Waals surface area contributed by atoms with Crippen LogP contribution in [0.1, 0.15) is 20.3 Å². The molecule has 0 aliphatic carbocycles. The predicted octanol–water partition coefficient (Wildman–Crippen LogP) is 3.64. The Labute approximate surface area is 156 Å². The van der Waals surface area contributed by atoms with E-state index < -0.39 is 10.8 Å². The second-order valence-corrected chi connectivity index (χ2v) is 9.00. The summed E-state index contributed by atoms with van der Waals surface area (Å²) in [6.45, 7) is 5.09. The molecule has 1 atom stereocenters. The zero-order chi connectivity index (χ0) is 18.6. The third-order valence-corrected chi connectivity index (χ3v) is 6.40. The largest absolute Gasteiger partial charge is 0.456 e. The molecule has 2 heterocycles. The van der Waals surface area contributed by atoms with E-state index in [1.807, 2.05) is 19.9 Å². The van der Waals surface area contributed by atoms with Gasteiger partial charge in [0.25, 0.3) is 0 Å². The van der Waals surface area contributed by atoms with Crippen LogP contribution in [0.4, 0.5) is 10.5 Å². The van der Waals surface area contributed by atoms with Gasteiger partial charge in [-0.3, -0.25) is 9.19 Å². The number of amides is 2. The first kappa shape index (κ1) is 18.4.